The van der Waals surface area contributed by atoms with Crippen molar-refractivity contribution in [2.75, 3.05) is 6.61 Å². The van der Waals surface area contributed by atoms with Gasteiger partial charge in [0.05, 0.1) is 32.6 Å². The van der Waals surface area contributed by atoms with Crippen molar-refractivity contribution in [2.24, 2.45) is 0 Å². The van der Waals surface area contributed by atoms with Crippen LogP contribution >= 0.6 is 50.9 Å². The Balaban J connectivity index is 1.54. The van der Waals surface area contributed by atoms with Gasteiger partial charge in [-0.15, -0.1) is 0 Å². The molecule has 3 aromatic rings. The van der Waals surface area contributed by atoms with Gasteiger partial charge in [0.1, 0.15) is 12.4 Å². The highest BCUT2D eigenvalue weighted by molar-refractivity contribution is 9.10. The van der Waals surface area contributed by atoms with Gasteiger partial charge in [0.25, 0.3) is 11.1 Å². The molecular weight excluding hydrogens is 592 g/mol. The van der Waals surface area contributed by atoms with Crippen LogP contribution in [0.4, 0.5) is 9.18 Å². The van der Waals surface area contributed by atoms with Crippen LogP contribution in [0.15, 0.2) is 64.0 Å². The van der Waals surface area contributed by atoms with E-state index in [9.17, 15) is 14.0 Å². The molecule has 1 aliphatic heterocycles. The average Bonchev–Trinajstić information content (AvgIpc) is 3.09. The second-order valence-electron chi connectivity index (χ2n) is 7.69. The second kappa shape index (κ2) is 11.7. The molecule has 0 aromatic heterocycles. The normalized spacial score (nSPS) is 14.6. The van der Waals surface area contributed by atoms with E-state index in [4.69, 9.17) is 32.7 Å². The van der Waals surface area contributed by atoms with Crippen molar-refractivity contribution in [1.82, 2.24) is 4.90 Å². The zero-order chi connectivity index (χ0) is 25.8. The van der Waals surface area contributed by atoms with Gasteiger partial charge in [-0.3, -0.25) is 14.5 Å². The van der Waals surface area contributed by atoms with Crippen LogP contribution in [0.2, 0.25) is 10.0 Å². The van der Waals surface area contributed by atoms with Crippen molar-refractivity contribution in [2.45, 2.75) is 20.1 Å². The number of halogens is 4. The van der Waals surface area contributed by atoms with Crippen LogP contribution in [0, 0.1) is 5.82 Å². The standard InChI is InChI=1S/C26H19BrCl2FNO4S/c1-2-34-22-11-17(9-19(27)24(22)35-14-16-5-8-20(28)21(29)10-16)12-23-25(32)31(26(33)36-23)13-15-3-6-18(30)7-4-15/h3-12H,2,13-14H2,1H3/b23-12+. The minimum absolute atomic E-state index is 0.0671. The first-order chi connectivity index (χ1) is 17.2. The van der Waals surface area contributed by atoms with Crippen molar-refractivity contribution in [3.05, 3.63) is 96.5 Å². The Labute approximate surface area is 230 Å². The second-order valence-corrected chi connectivity index (χ2v) is 10.4. The van der Waals surface area contributed by atoms with Crippen LogP contribution in [0.3, 0.4) is 0 Å². The van der Waals surface area contributed by atoms with Crippen LogP contribution in [-0.2, 0) is 17.9 Å². The lowest BCUT2D eigenvalue weighted by atomic mass is 10.1. The molecule has 1 fully saturated rings. The fraction of sp³-hybridized carbons (Fsp3) is 0.154. The largest absolute Gasteiger partial charge is 0.490 e. The zero-order valence-electron chi connectivity index (χ0n) is 18.9. The molecule has 5 nitrogen and oxygen atoms in total. The maximum atomic E-state index is 13.2. The number of nitrogens with zero attached hydrogens (tertiary/aromatic N) is 1. The Morgan fingerprint density at radius 2 is 1.72 bits per heavy atom. The molecule has 0 aliphatic carbocycles. The van der Waals surface area contributed by atoms with E-state index in [0.29, 0.717) is 43.8 Å². The molecule has 1 heterocycles. The van der Waals surface area contributed by atoms with Gasteiger partial charge in [0.15, 0.2) is 11.5 Å². The summed E-state index contributed by atoms with van der Waals surface area (Å²) in [5.41, 5.74) is 2.14. The fourth-order valence-electron chi connectivity index (χ4n) is 3.42. The van der Waals surface area contributed by atoms with E-state index in [0.717, 1.165) is 22.2 Å². The topological polar surface area (TPSA) is 55.8 Å². The van der Waals surface area contributed by atoms with Gasteiger partial charge >= 0.3 is 0 Å². The highest BCUT2D eigenvalue weighted by Gasteiger charge is 2.35. The molecule has 1 saturated heterocycles. The monoisotopic (exact) mass is 609 g/mol. The van der Waals surface area contributed by atoms with E-state index in [-0.39, 0.29) is 29.1 Å². The number of carbonyl (C=O) groups excluding carboxylic acids is 2. The van der Waals surface area contributed by atoms with Gasteiger partial charge in [-0.2, -0.15) is 0 Å². The summed E-state index contributed by atoms with van der Waals surface area (Å²) in [7, 11) is 0. The molecule has 0 radical (unpaired) electrons. The number of amides is 2. The molecule has 10 heteroatoms. The van der Waals surface area contributed by atoms with Crippen molar-refractivity contribution in [1.29, 1.82) is 0 Å². The van der Waals surface area contributed by atoms with Crippen LogP contribution in [0.5, 0.6) is 11.5 Å². The van der Waals surface area contributed by atoms with Gasteiger partial charge < -0.3 is 9.47 Å². The van der Waals surface area contributed by atoms with Crippen molar-refractivity contribution in [3.8, 4) is 11.5 Å². The fourth-order valence-corrected chi connectivity index (χ4v) is 5.15. The van der Waals surface area contributed by atoms with Crippen LogP contribution in [-0.4, -0.2) is 22.7 Å². The first-order valence-electron chi connectivity index (χ1n) is 10.8. The molecule has 3 aromatic carbocycles. The molecule has 0 bridgehead atoms. The number of carbonyl (C=O) groups is 2. The molecular formula is C26H19BrCl2FNO4S. The summed E-state index contributed by atoms with van der Waals surface area (Å²) in [5, 5.41) is 0.509. The molecule has 4 rings (SSSR count). The lowest BCUT2D eigenvalue weighted by Crippen LogP contribution is -2.27. The minimum atomic E-state index is -0.414. The predicted molar refractivity (Wildman–Crippen MR) is 144 cm³/mol. The SMILES string of the molecule is CCOc1cc(/C=C2/SC(=O)N(Cc3ccc(F)cc3)C2=O)cc(Br)c1OCc1ccc(Cl)c(Cl)c1. The Morgan fingerprint density at radius 1 is 1.00 bits per heavy atom. The van der Waals surface area contributed by atoms with Gasteiger partial charge in [-0.05, 0) is 93.8 Å². The maximum Gasteiger partial charge on any atom is 0.293 e. The van der Waals surface area contributed by atoms with E-state index < -0.39 is 5.91 Å². The van der Waals surface area contributed by atoms with Gasteiger partial charge in [-0.25, -0.2) is 4.39 Å². The number of hydrogen-bond acceptors (Lipinski definition) is 5. The smallest absolute Gasteiger partial charge is 0.293 e. The molecule has 0 N–H and O–H groups in total. The maximum absolute atomic E-state index is 13.2. The van der Waals surface area contributed by atoms with Crippen LogP contribution in [0.25, 0.3) is 6.08 Å². The first-order valence-corrected chi connectivity index (χ1v) is 13.1. The molecule has 186 valence electrons. The number of ether oxygens (including phenoxy) is 2. The quantitative estimate of drug-likeness (QED) is 0.241. The summed E-state index contributed by atoms with van der Waals surface area (Å²) < 4.78 is 25.6. The third-order valence-corrected chi connectivity index (χ3v) is 7.36. The molecule has 0 saturated carbocycles. The number of thioether (sulfide) groups is 1. The van der Waals surface area contributed by atoms with Crippen molar-refractivity contribution < 1.29 is 23.5 Å². The summed E-state index contributed by atoms with van der Waals surface area (Å²) in [6.07, 6.45) is 1.63. The zero-order valence-corrected chi connectivity index (χ0v) is 22.8. The molecule has 1 aliphatic rings. The molecule has 0 unspecified atom stereocenters. The highest BCUT2D eigenvalue weighted by Crippen LogP contribution is 2.40. The van der Waals surface area contributed by atoms with E-state index >= 15 is 0 Å². The average molecular weight is 611 g/mol. The number of benzene rings is 3. The third-order valence-electron chi connectivity index (χ3n) is 5.12. The minimum Gasteiger partial charge on any atom is -0.490 e. The molecule has 0 spiro atoms. The summed E-state index contributed by atoms with van der Waals surface area (Å²) in [6, 6.07) is 14.5. The molecule has 36 heavy (non-hydrogen) atoms. The van der Waals surface area contributed by atoms with Gasteiger partial charge in [0.2, 0.25) is 0 Å². The Morgan fingerprint density at radius 3 is 2.42 bits per heavy atom. The van der Waals surface area contributed by atoms with Gasteiger partial charge in [-0.1, -0.05) is 41.4 Å². The third kappa shape index (κ3) is 6.24. The van der Waals surface area contributed by atoms with E-state index in [1.165, 1.54) is 12.1 Å². The summed E-state index contributed by atoms with van der Waals surface area (Å²) in [4.78, 5) is 26.8. The Hall–Kier alpha value is -2.52. The van der Waals surface area contributed by atoms with E-state index in [1.807, 2.05) is 13.0 Å². The predicted octanol–water partition coefficient (Wildman–Crippen LogP) is 8.11. The van der Waals surface area contributed by atoms with Gasteiger partial charge in [0, 0.05) is 0 Å². The first kappa shape index (κ1) is 26.5. The Kier molecular flexibility index (Phi) is 8.62. The number of imide groups is 1. The van der Waals surface area contributed by atoms with E-state index in [1.54, 1.807) is 42.5 Å². The Bertz CT molecular complexity index is 1350. The number of hydrogen-bond donors (Lipinski definition) is 0. The lowest BCUT2D eigenvalue weighted by molar-refractivity contribution is -0.123. The molecule has 0 atom stereocenters. The van der Waals surface area contributed by atoms with E-state index in [2.05, 4.69) is 15.9 Å². The lowest BCUT2D eigenvalue weighted by Gasteiger charge is -2.15. The summed E-state index contributed by atoms with van der Waals surface area (Å²) >= 11 is 16.5. The molecule has 2 amide bonds. The van der Waals surface area contributed by atoms with Crippen LogP contribution < -0.4 is 9.47 Å². The van der Waals surface area contributed by atoms with Crippen molar-refractivity contribution in [3.63, 3.8) is 0 Å². The summed E-state index contributed by atoms with van der Waals surface area (Å²) in [5.74, 6) is 0.171. The van der Waals surface area contributed by atoms with Crippen LogP contribution in [0.1, 0.15) is 23.6 Å². The summed E-state index contributed by atoms with van der Waals surface area (Å²) in [6.45, 7) is 2.55. The highest BCUT2D eigenvalue weighted by atomic mass is 79.9. The van der Waals surface area contributed by atoms with Crippen molar-refractivity contribution >= 4 is 68.1 Å². The number of rotatable bonds is 8.